The van der Waals surface area contributed by atoms with Gasteiger partial charge in [-0.1, -0.05) is 12.2 Å². The van der Waals surface area contributed by atoms with E-state index < -0.39 is 35.8 Å². The molecule has 202 valence electrons. The Kier molecular flexibility index (Phi) is 8.53. The summed E-state index contributed by atoms with van der Waals surface area (Å²) in [7, 11) is -0.427. The third-order valence-electron chi connectivity index (χ3n) is 7.37. The zero-order chi connectivity index (χ0) is 26.8. The fraction of sp³-hybridized carbons (Fsp3) is 0.667. The Hall–Kier alpha value is -2.14. The second kappa shape index (κ2) is 11.3. The molecule has 3 aliphatic rings. The van der Waals surface area contributed by atoms with Crippen LogP contribution in [0.2, 0.25) is 6.82 Å². The first kappa shape index (κ1) is 27.9. The Morgan fingerprint density at radius 1 is 1.30 bits per heavy atom. The van der Waals surface area contributed by atoms with E-state index in [1.807, 2.05) is 4.81 Å². The molecule has 0 unspecified atom stereocenters. The quantitative estimate of drug-likeness (QED) is 0.323. The Bertz CT molecular complexity index is 1020. The lowest BCUT2D eigenvalue weighted by Crippen LogP contribution is -2.54. The molecule has 0 aromatic carbocycles. The van der Waals surface area contributed by atoms with Crippen LogP contribution < -0.4 is 4.74 Å². The molecule has 13 heteroatoms. The highest BCUT2D eigenvalue weighted by atomic mass is 32.1. The zero-order valence-electron chi connectivity index (χ0n) is 20.7. The number of nitrogens with zero attached hydrogens (tertiary/aromatic N) is 4. The number of amides is 1. The third-order valence-corrected chi connectivity index (χ3v) is 8.44. The van der Waals surface area contributed by atoms with Crippen molar-refractivity contribution in [2.24, 2.45) is 5.92 Å². The van der Waals surface area contributed by atoms with Gasteiger partial charge in [0.2, 0.25) is 0 Å². The molecule has 3 aliphatic heterocycles. The van der Waals surface area contributed by atoms with Gasteiger partial charge in [0.1, 0.15) is 27.7 Å². The standard InChI is InChI=1S/C24H31BF4N4O3S/c1-25(35)33-15-17(16-33)3-2-8-31-11-6-23(26,7-12-31)22(34)32-9-4-18(5-10-32)36-19-13-21(24(27,28)29)37-20(19)14-30/h2-3,13,17-18,35H,4-12,15-16H2,1H3/b3-2+. The number of thiophene rings is 1. The van der Waals surface area contributed by atoms with Gasteiger partial charge in [-0.3, -0.25) is 9.69 Å². The van der Waals surface area contributed by atoms with Crippen LogP contribution in [-0.4, -0.2) is 90.2 Å². The summed E-state index contributed by atoms with van der Waals surface area (Å²) in [5.74, 6) is -0.196. The van der Waals surface area contributed by atoms with Gasteiger partial charge >= 0.3 is 13.2 Å². The average molecular weight is 542 g/mol. The van der Waals surface area contributed by atoms with E-state index in [4.69, 9.17) is 10.00 Å². The summed E-state index contributed by atoms with van der Waals surface area (Å²) in [6, 6.07) is 2.59. The molecule has 0 spiro atoms. The van der Waals surface area contributed by atoms with Crippen molar-refractivity contribution < 1.29 is 32.1 Å². The summed E-state index contributed by atoms with van der Waals surface area (Å²) in [6.07, 6.45) is 0.166. The van der Waals surface area contributed by atoms with Crippen molar-refractivity contribution in [1.82, 2.24) is 14.6 Å². The molecular formula is C24H31BF4N4O3S. The summed E-state index contributed by atoms with van der Waals surface area (Å²) in [5, 5.41) is 18.6. The molecule has 0 atom stereocenters. The maximum absolute atomic E-state index is 15.6. The molecule has 1 aromatic rings. The van der Waals surface area contributed by atoms with Crippen LogP contribution in [0.25, 0.3) is 0 Å². The first-order valence-corrected chi connectivity index (χ1v) is 13.4. The van der Waals surface area contributed by atoms with Crippen LogP contribution in [-0.2, 0) is 11.0 Å². The maximum Gasteiger partial charge on any atom is 0.425 e. The number of carbonyl (C=O) groups is 1. The molecule has 0 aliphatic carbocycles. The van der Waals surface area contributed by atoms with Gasteiger partial charge in [0.25, 0.3) is 5.91 Å². The van der Waals surface area contributed by atoms with E-state index in [1.165, 1.54) is 4.90 Å². The molecular weight excluding hydrogens is 511 g/mol. The maximum atomic E-state index is 15.6. The van der Waals surface area contributed by atoms with Crippen molar-refractivity contribution in [3.05, 3.63) is 28.0 Å². The molecule has 4 heterocycles. The van der Waals surface area contributed by atoms with E-state index in [9.17, 15) is 23.0 Å². The SMILES string of the molecule is CB(O)N1CC(/C=C/CN2CCC(F)(C(=O)N3CCC(Oc4cc(C(F)(F)F)sc4C#N)CC3)CC2)C1. The van der Waals surface area contributed by atoms with Crippen molar-refractivity contribution in [2.75, 3.05) is 45.8 Å². The van der Waals surface area contributed by atoms with E-state index in [1.54, 1.807) is 12.9 Å². The number of rotatable bonds is 7. The summed E-state index contributed by atoms with van der Waals surface area (Å²) >= 11 is 0.346. The van der Waals surface area contributed by atoms with Gasteiger partial charge in [-0.2, -0.15) is 18.4 Å². The van der Waals surface area contributed by atoms with Crippen LogP contribution in [0.5, 0.6) is 5.75 Å². The van der Waals surface area contributed by atoms with Crippen LogP contribution in [0.15, 0.2) is 18.2 Å². The topological polar surface area (TPSA) is 80.0 Å². The number of carbonyl (C=O) groups excluding carboxylic acids is 1. The molecule has 3 fully saturated rings. The second-order valence-corrected chi connectivity index (χ2v) is 11.1. The molecule has 1 N–H and O–H groups in total. The molecule has 1 amide bonds. The van der Waals surface area contributed by atoms with Gasteiger partial charge in [-0.25, -0.2) is 4.39 Å². The lowest BCUT2D eigenvalue weighted by Gasteiger charge is -2.40. The number of likely N-dealkylation sites (tertiary alicyclic amines) is 2. The van der Waals surface area contributed by atoms with E-state index in [-0.39, 0.29) is 36.6 Å². The molecule has 37 heavy (non-hydrogen) atoms. The van der Waals surface area contributed by atoms with Crippen LogP contribution in [0.1, 0.15) is 35.4 Å². The Labute approximate surface area is 218 Å². The van der Waals surface area contributed by atoms with Crippen LogP contribution in [0, 0.1) is 17.2 Å². The van der Waals surface area contributed by atoms with Crippen LogP contribution in [0.3, 0.4) is 0 Å². The zero-order valence-corrected chi connectivity index (χ0v) is 21.5. The van der Waals surface area contributed by atoms with Crippen molar-refractivity contribution in [3.8, 4) is 11.8 Å². The average Bonchev–Trinajstić information content (AvgIpc) is 3.25. The minimum atomic E-state index is -4.55. The van der Waals surface area contributed by atoms with E-state index in [0.717, 1.165) is 19.2 Å². The lowest BCUT2D eigenvalue weighted by atomic mass is 9.78. The number of halogens is 4. The van der Waals surface area contributed by atoms with E-state index in [2.05, 4.69) is 17.1 Å². The van der Waals surface area contributed by atoms with Crippen molar-refractivity contribution in [3.63, 3.8) is 0 Å². The third kappa shape index (κ3) is 6.66. The number of alkyl halides is 4. The largest absolute Gasteiger partial charge is 0.488 e. The van der Waals surface area contributed by atoms with Gasteiger partial charge < -0.3 is 19.5 Å². The monoisotopic (exact) mass is 542 g/mol. The molecule has 1 aromatic heterocycles. The lowest BCUT2D eigenvalue weighted by molar-refractivity contribution is -0.149. The Morgan fingerprint density at radius 2 is 1.95 bits per heavy atom. The summed E-state index contributed by atoms with van der Waals surface area (Å²) in [4.78, 5) is 17.5. The predicted molar refractivity (Wildman–Crippen MR) is 132 cm³/mol. The van der Waals surface area contributed by atoms with Crippen molar-refractivity contribution in [1.29, 1.82) is 5.26 Å². The number of hydrogen-bond acceptors (Lipinski definition) is 7. The highest BCUT2D eigenvalue weighted by molar-refractivity contribution is 7.13. The molecule has 4 rings (SSSR count). The summed E-state index contributed by atoms with van der Waals surface area (Å²) < 4.78 is 60.2. The predicted octanol–water partition coefficient (Wildman–Crippen LogP) is 3.41. The molecule has 0 bridgehead atoms. The minimum absolute atomic E-state index is 0.0921. The minimum Gasteiger partial charge on any atom is -0.488 e. The van der Waals surface area contributed by atoms with Gasteiger partial charge in [0.05, 0.1) is 0 Å². The van der Waals surface area contributed by atoms with Gasteiger partial charge in [0.15, 0.2) is 5.67 Å². The molecule has 3 saturated heterocycles. The fourth-order valence-electron chi connectivity index (χ4n) is 5.00. The van der Waals surface area contributed by atoms with Gasteiger partial charge in [0, 0.05) is 70.4 Å². The first-order valence-electron chi connectivity index (χ1n) is 12.6. The van der Waals surface area contributed by atoms with Crippen LogP contribution >= 0.6 is 11.3 Å². The Balaban J connectivity index is 1.21. The molecule has 7 nitrogen and oxygen atoms in total. The highest BCUT2D eigenvalue weighted by Crippen LogP contribution is 2.40. The second-order valence-electron chi connectivity index (χ2n) is 10.1. The van der Waals surface area contributed by atoms with Crippen molar-refractivity contribution >= 4 is 24.3 Å². The summed E-state index contributed by atoms with van der Waals surface area (Å²) in [5.41, 5.74) is -1.91. The van der Waals surface area contributed by atoms with E-state index >= 15 is 4.39 Å². The number of hydrogen-bond donors (Lipinski definition) is 1. The number of ether oxygens (including phenoxy) is 1. The normalized spacial score (nSPS) is 22.1. The smallest absolute Gasteiger partial charge is 0.425 e. The fourth-order valence-corrected chi connectivity index (χ4v) is 5.76. The number of piperidine rings is 2. The molecule has 0 radical (unpaired) electrons. The summed E-state index contributed by atoms with van der Waals surface area (Å²) in [6.45, 7) is 5.58. The van der Waals surface area contributed by atoms with Gasteiger partial charge in [-0.05, 0) is 19.9 Å². The van der Waals surface area contributed by atoms with E-state index in [0.29, 0.717) is 49.7 Å². The Morgan fingerprint density at radius 3 is 2.51 bits per heavy atom. The number of nitriles is 1. The van der Waals surface area contributed by atoms with Crippen molar-refractivity contribution in [2.45, 2.75) is 50.5 Å². The molecule has 0 saturated carbocycles. The first-order chi connectivity index (χ1) is 17.5. The highest BCUT2D eigenvalue weighted by Gasteiger charge is 2.45. The van der Waals surface area contributed by atoms with Crippen LogP contribution in [0.4, 0.5) is 17.6 Å². The van der Waals surface area contributed by atoms with Gasteiger partial charge in [-0.15, -0.1) is 11.3 Å².